The fourth-order valence-corrected chi connectivity index (χ4v) is 1.02. The van der Waals surface area contributed by atoms with Crippen LogP contribution in [0.3, 0.4) is 0 Å². The minimum absolute atomic E-state index is 0.154. The molecule has 0 spiro atoms. The van der Waals surface area contributed by atoms with Gasteiger partial charge in [-0.2, -0.15) is 0 Å². The second-order valence-electron chi connectivity index (χ2n) is 2.66. The van der Waals surface area contributed by atoms with Crippen molar-refractivity contribution >= 4 is 11.9 Å². The number of carboxylic acid groups (broad SMARTS) is 2. The van der Waals surface area contributed by atoms with E-state index in [1.165, 1.54) is 12.1 Å². The minimum Gasteiger partial charge on any atom is -0.545 e. The number of carbonyl (C=O) groups is 2. The molecule has 0 fully saturated rings. The number of aryl methyl sites for hydroxylation is 1. The van der Waals surface area contributed by atoms with Gasteiger partial charge in [0.1, 0.15) is 0 Å². The Labute approximate surface area is 88.2 Å². The van der Waals surface area contributed by atoms with Gasteiger partial charge in [0.05, 0.1) is 11.9 Å². The summed E-state index contributed by atoms with van der Waals surface area (Å²) in [6.07, 6.45) is 0. The summed E-state index contributed by atoms with van der Waals surface area (Å²) in [5.41, 5.74) is 0.235. The average molecular weight is 208 g/mol. The highest BCUT2D eigenvalue weighted by atomic mass is 16.4. The Hall–Kier alpha value is -1.84. The maximum absolute atomic E-state index is 10.4. The van der Waals surface area contributed by atoms with Crippen molar-refractivity contribution in [3.63, 3.8) is 0 Å². The Morgan fingerprint density at radius 1 is 0.933 bits per heavy atom. The number of carbonyl (C=O) groups excluding carboxylic acids is 2. The molecule has 1 rings (SSSR count). The summed E-state index contributed by atoms with van der Waals surface area (Å²) in [5.74, 6) is -2.79. The van der Waals surface area contributed by atoms with Gasteiger partial charge >= 0.3 is 0 Å². The molecule has 0 aliphatic rings. The van der Waals surface area contributed by atoms with Crippen molar-refractivity contribution in [2.45, 2.75) is 20.8 Å². The third-order valence-corrected chi connectivity index (χ3v) is 1.55. The Kier molecular flexibility index (Phi) is 5.09. The summed E-state index contributed by atoms with van der Waals surface area (Å²) < 4.78 is 0. The van der Waals surface area contributed by atoms with Crippen LogP contribution in [0.4, 0.5) is 0 Å². The predicted octanol–water partition coefficient (Wildman–Crippen LogP) is -0.252. The van der Waals surface area contributed by atoms with Gasteiger partial charge in [-0.05, 0) is 29.7 Å². The minimum atomic E-state index is -1.40. The van der Waals surface area contributed by atoms with Crippen molar-refractivity contribution in [2.24, 2.45) is 0 Å². The van der Waals surface area contributed by atoms with Crippen molar-refractivity contribution in [3.05, 3.63) is 34.9 Å². The molecule has 0 heterocycles. The van der Waals surface area contributed by atoms with E-state index in [-0.39, 0.29) is 11.1 Å². The first-order valence-corrected chi connectivity index (χ1v) is 4.55. The summed E-state index contributed by atoms with van der Waals surface area (Å²) in [6, 6.07) is 3.68. The molecule has 15 heavy (non-hydrogen) atoms. The van der Waals surface area contributed by atoms with E-state index in [0.29, 0.717) is 5.56 Å². The van der Waals surface area contributed by atoms with Crippen LogP contribution in [0.5, 0.6) is 0 Å². The van der Waals surface area contributed by atoms with E-state index in [1.807, 2.05) is 13.8 Å². The number of aromatic carboxylic acids is 2. The highest BCUT2D eigenvalue weighted by Gasteiger charge is 1.99. The van der Waals surface area contributed by atoms with Gasteiger partial charge in [-0.1, -0.05) is 26.0 Å². The maximum Gasteiger partial charge on any atom is 0.0715 e. The predicted molar refractivity (Wildman–Crippen MR) is 51.2 cm³/mol. The van der Waals surface area contributed by atoms with E-state index < -0.39 is 11.9 Å². The number of hydrogen-bond acceptors (Lipinski definition) is 4. The van der Waals surface area contributed by atoms with Gasteiger partial charge < -0.3 is 19.8 Å². The van der Waals surface area contributed by atoms with E-state index in [1.54, 1.807) is 6.92 Å². The van der Waals surface area contributed by atoms with E-state index in [2.05, 4.69) is 0 Å². The van der Waals surface area contributed by atoms with Crippen LogP contribution in [0.2, 0.25) is 0 Å². The fourth-order valence-electron chi connectivity index (χ4n) is 1.02. The van der Waals surface area contributed by atoms with Crippen LogP contribution in [-0.4, -0.2) is 11.9 Å². The molecule has 0 aliphatic heterocycles. The van der Waals surface area contributed by atoms with Crippen LogP contribution >= 0.6 is 0 Å². The molecule has 0 amide bonds. The molecule has 0 bridgehead atoms. The zero-order valence-corrected chi connectivity index (χ0v) is 8.87. The normalized spacial score (nSPS) is 8.73. The molecule has 82 valence electrons. The lowest BCUT2D eigenvalue weighted by atomic mass is 10.1. The van der Waals surface area contributed by atoms with Crippen LogP contribution in [0, 0.1) is 6.92 Å². The zero-order valence-electron chi connectivity index (χ0n) is 8.87. The van der Waals surface area contributed by atoms with Crippen LogP contribution in [0.25, 0.3) is 0 Å². The standard InChI is InChI=1S/C9H8O4.C2H6/c1-5-2-6(8(10)11)4-7(3-5)9(12)13;1-2/h2-4H,1H3,(H,10,11)(H,12,13);1-2H3/p-2. The van der Waals surface area contributed by atoms with Crippen LogP contribution < -0.4 is 10.2 Å². The maximum atomic E-state index is 10.4. The topological polar surface area (TPSA) is 80.3 Å². The lowest BCUT2D eigenvalue weighted by Crippen LogP contribution is -2.25. The molecule has 4 nitrogen and oxygen atoms in total. The number of benzene rings is 1. The molecule has 0 radical (unpaired) electrons. The highest BCUT2D eigenvalue weighted by molar-refractivity contribution is 5.92. The van der Waals surface area contributed by atoms with Crippen molar-refractivity contribution in [2.75, 3.05) is 0 Å². The summed E-state index contributed by atoms with van der Waals surface area (Å²) in [7, 11) is 0. The quantitative estimate of drug-likeness (QED) is 0.671. The second kappa shape index (κ2) is 5.80. The molecule has 0 unspecified atom stereocenters. The van der Waals surface area contributed by atoms with Crippen molar-refractivity contribution in [1.29, 1.82) is 0 Å². The largest absolute Gasteiger partial charge is 0.545 e. The van der Waals surface area contributed by atoms with E-state index in [4.69, 9.17) is 0 Å². The van der Waals surface area contributed by atoms with E-state index >= 15 is 0 Å². The van der Waals surface area contributed by atoms with Crippen LogP contribution in [0.1, 0.15) is 40.1 Å². The molecule has 1 aromatic rings. The molecule has 4 heteroatoms. The van der Waals surface area contributed by atoms with Gasteiger partial charge in [-0.25, -0.2) is 0 Å². The smallest absolute Gasteiger partial charge is 0.0715 e. The molecule has 0 aromatic heterocycles. The van der Waals surface area contributed by atoms with Gasteiger partial charge in [0.2, 0.25) is 0 Å². The summed E-state index contributed by atoms with van der Waals surface area (Å²) in [5, 5.41) is 20.8. The van der Waals surface area contributed by atoms with Crippen molar-refractivity contribution in [1.82, 2.24) is 0 Å². The lowest BCUT2D eigenvalue weighted by Gasteiger charge is -2.08. The van der Waals surface area contributed by atoms with Gasteiger partial charge in [0, 0.05) is 0 Å². The van der Waals surface area contributed by atoms with Gasteiger partial charge in [0.15, 0.2) is 0 Å². The Morgan fingerprint density at radius 2 is 1.27 bits per heavy atom. The average Bonchev–Trinajstić information content (AvgIpc) is 2.19. The Balaban J connectivity index is 0.000000921. The van der Waals surface area contributed by atoms with Crippen molar-refractivity contribution < 1.29 is 19.8 Å². The summed E-state index contributed by atoms with van der Waals surface area (Å²) >= 11 is 0. The first kappa shape index (κ1) is 13.2. The molecule has 0 N–H and O–H groups in total. The highest BCUT2D eigenvalue weighted by Crippen LogP contribution is 2.08. The molecular formula is C11H12O4-2. The third kappa shape index (κ3) is 3.81. The number of rotatable bonds is 2. The molecular weight excluding hydrogens is 196 g/mol. The van der Waals surface area contributed by atoms with Gasteiger partial charge in [0.25, 0.3) is 0 Å². The lowest BCUT2D eigenvalue weighted by molar-refractivity contribution is -0.255. The van der Waals surface area contributed by atoms with Gasteiger partial charge in [-0.3, -0.25) is 0 Å². The second-order valence-corrected chi connectivity index (χ2v) is 2.66. The van der Waals surface area contributed by atoms with E-state index in [0.717, 1.165) is 6.07 Å². The Morgan fingerprint density at radius 3 is 1.53 bits per heavy atom. The number of hydrogen-bond donors (Lipinski definition) is 0. The van der Waals surface area contributed by atoms with Crippen LogP contribution in [-0.2, 0) is 0 Å². The first-order valence-electron chi connectivity index (χ1n) is 4.55. The van der Waals surface area contributed by atoms with Crippen molar-refractivity contribution in [3.8, 4) is 0 Å². The monoisotopic (exact) mass is 208 g/mol. The zero-order chi connectivity index (χ0) is 12.0. The summed E-state index contributed by atoms with van der Waals surface area (Å²) in [6.45, 7) is 5.60. The molecule has 1 aromatic carbocycles. The van der Waals surface area contributed by atoms with Gasteiger partial charge in [-0.15, -0.1) is 0 Å². The SMILES string of the molecule is CC.Cc1cc(C(=O)[O-])cc(C(=O)[O-])c1. The fraction of sp³-hybridized carbons (Fsp3) is 0.273. The number of carboxylic acids is 2. The molecule has 0 saturated heterocycles. The Bertz CT molecular complexity index is 337. The molecule has 0 aliphatic carbocycles. The molecule has 0 saturated carbocycles. The molecule has 0 atom stereocenters. The van der Waals surface area contributed by atoms with E-state index in [9.17, 15) is 19.8 Å². The third-order valence-electron chi connectivity index (χ3n) is 1.55. The first-order chi connectivity index (χ1) is 7.00. The summed E-state index contributed by atoms with van der Waals surface area (Å²) in [4.78, 5) is 20.8. The van der Waals surface area contributed by atoms with Crippen LogP contribution in [0.15, 0.2) is 18.2 Å².